The molecule has 0 saturated heterocycles. The maximum absolute atomic E-state index is 12.3. The summed E-state index contributed by atoms with van der Waals surface area (Å²) in [6.07, 6.45) is 0. The van der Waals surface area contributed by atoms with Crippen molar-refractivity contribution in [2.45, 2.75) is 10.6 Å². The Bertz CT molecular complexity index is 1250. The predicted octanol–water partition coefficient (Wildman–Crippen LogP) is 8.10. The Kier molecular flexibility index (Phi) is 7.55. The summed E-state index contributed by atoms with van der Waals surface area (Å²) in [5, 5.41) is 16.4. The number of benzene rings is 3. The van der Waals surface area contributed by atoms with Crippen molar-refractivity contribution in [2.24, 2.45) is 0 Å². The second-order valence-corrected chi connectivity index (χ2v) is 9.80. The topological polar surface area (TPSA) is 66.9 Å². The van der Waals surface area contributed by atoms with Gasteiger partial charge >= 0.3 is 6.03 Å². The summed E-state index contributed by atoms with van der Waals surface area (Å²) in [5.74, 6) is 0.794. The van der Waals surface area contributed by atoms with Crippen molar-refractivity contribution in [2.75, 3.05) is 10.6 Å². The van der Waals surface area contributed by atoms with Gasteiger partial charge < -0.3 is 5.32 Å². The molecule has 1 heterocycles. The quantitative estimate of drug-likeness (QED) is 0.252. The molecule has 1 aromatic heterocycles. The molecule has 0 atom stereocenters. The number of hydrogen-bond acceptors (Lipinski definition) is 5. The van der Waals surface area contributed by atoms with Crippen LogP contribution in [0.2, 0.25) is 15.1 Å². The number of carbonyl (C=O) groups is 1. The summed E-state index contributed by atoms with van der Waals surface area (Å²) in [6, 6.07) is 20.1. The van der Waals surface area contributed by atoms with Crippen LogP contribution < -0.4 is 10.6 Å². The number of urea groups is 1. The van der Waals surface area contributed by atoms with Crippen LogP contribution in [-0.2, 0) is 5.75 Å². The van der Waals surface area contributed by atoms with Crippen LogP contribution in [0.25, 0.3) is 10.6 Å². The molecular weight excluding hydrogens is 507 g/mol. The van der Waals surface area contributed by atoms with Gasteiger partial charge in [-0.05, 0) is 42.0 Å². The standard InChI is InChI=1S/C22H15Cl3N4OS2/c23-14-7-5-13(6-8-14)12-31-19-4-2-1-3-16(19)20-28-29-22(32-20)27-21(30)26-18-10-9-15(24)11-17(18)25/h1-11H,12H2,(H2,26,27,29,30). The third-order valence-corrected chi connectivity index (χ3v) is 7.07. The van der Waals surface area contributed by atoms with Crippen molar-refractivity contribution < 1.29 is 4.79 Å². The molecule has 0 unspecified atom stereocenters. The Hall–Kier alpha value is -2.29. The Morgan fingerprint density at radius 3 is 2.44 bits per heavy atom. The highest BCUT2D eigenvalue weighted by Crippen LogP contribution is 2.36. The number of amides is 2. The first-order valence-electron chi connectivity index (χ1n) is 9.31. The monoisotopic (exact) mass is 520 g/mol. The molecule has 32 heavy (non-hydrogen) atoms. The van der Waals surface area contributed by atoms with E-state index in [2.05, 4.69) is 20.8 Å². The lowest BCUT2D eigenvalue weighted by molar-refractivity contribution is 0.262. The van der Waals surface area contributed by atoms with Crippen molar-refractivity contribution >= 4 is 74.8 Å². The molecule has 0 bridgehead atoms. The highest BCUT2D eigenvalue weighted by molar-refractivity contribution is 7.98. The van der Waals surface area contributed by atoms with Gasteiger partial charge in [0.2, 0.25) is 5.13 Å². The molecule has 0 aliphatic carbocycles. The largest absolute Gasteiger partial charge is 0.325 e. The van der Waals surface area contributed by atoms with Crippen molar-refractivity contribution in [3.63, 3.8) is 0 Å². The summed E-state index contributed by atoms with van der Waals surface area (Å²) in [7, 11) is 0. The van der Waals surface area contributed by atoms with E-state index in [4.69, 9.17) is 34.8 Å². The van der Waals surface area contributed by atoms with Gasteiger partial charge in [0.25, 0.3) is 0 Å². The van der Waals surface area contributed by atoms with E-state index < -0.39 is 6.03 Å². The van der Waals surface area contributed by atoms with Gasteiger partial charge in [-0.2, -0.15) is 0 Å². The zero-order chi connectivity index (χ0) is 22.5. The highest BCUT2D eigenvalue weighted by atomic mass is 35.5. The summed E-state index contributed by atoms with van der Waals surface area (Å²) in [5.41, 5.74) is 2.58. The molecule has 2 N–H and O–H groups in total. The number of aromatic nitrogens is 2. The zero-order valence-electron chi connectivity index (χ0n) is 16.3. The van der Waals surface area contributed by atoms with Crippen LogP contribution in [0, 0.1) is 0 Å². The Labute approximate surface area is 208 Å². The Morgan fingerprint density at radius 1 is 0.906 bits per heavy atom. The highest BCUT2D eigenvalue weighted by Gasteiger charge is 2.14. The van der Waals surface area contributed by atoms with Crippen LogP contribution in [-0.4, -0.2) is 16.2 Å². The number of rotatable bonds is 6. The van der Waals surface area contributed by atoms with Crippen molar-refractivity contribution in [1.82, 2.24) is 10.2 Å². The minimum Gasteiger partial charge on any atom is -0.306 e. The van der Waals surface area contributed by atoms with Gasteiger partial charge in [-0.25, -0.2) is 4.79 Å². The number of nitrogens with zero attached hydrogens (tertiary/aromatic N) is 2. The first-order chi connectivity index (χ1) is 15.5. The fourth-order valence-electron chi connectivity index (χ4n) is 2.74. The number of anilines is 2. The second-order valence-electron chi connectivity index (χ2n) is 6.53. The van der Waals surface area contributed by atoms with Crippen molar-refractivity contribution in [3.8, 4) is 10.6 Å². The van der Waals surface area contributed by atoms with Gasteiger partial charge in [-0.3, -0.25) is 5.32 Å². The van der Waals surface area contributed by atoms with E-state index in [-0.39, 0.29) is 0 Å². The molecule has 0 spiro atoms. The maximum atomic E-state index is 12.3. The van der Waals surface area contributed by atoms with E-state index in [1.807, 2.05) is 48.5 Å². The molecule has 4 rings (SSSR count). The molecule has 2 amide bonds. The average Bonchev–Trinajstić information content (AvgIpc) is 3.23. The van der Waals surface area contributed by atoms with Gasteiger partial charge in [-0.1, -0.05) is 76.5 Å². The number of nitrogens with one attached hydrogen (secondary N) is 2. The van der Waals surface area contributed by atoms with Crippen molar-refractivity contribution in [3.05, 3.63) is 87.4 Å². The molecule has 3 aromatic carbocycles. The van der Waals surface area contributed by atoms with E-state index in [9.17, 15) is 4.79 Å². The lowest BCUT2D eigenvalue weighted by Crippen LogP contribution is -2.19. The van der Waals surface area contributed by atoms with Crippen LogP contribution >= 0.6 is 57.9 Å². The van der Waals surface area contributed by atoms with Gasteiger partial charge in [0.1, 0.15) is 0 Å². The molecule has 0 fully saturated rings. The van der Waals surface area contributed by atoms with Crippen LogP contribution in [0.15, 0.2) is 71.6 Å². The minimum absolute atomic E-state index is 0.345. The van der Waals surface area contributed by atoms with Gasteiger partial charge in [-0.15, -0.1) is 22.0 Å². The Balaban J connectivity index is 1.44. The molecule has 0 aliphatic heterocycles. The zero-order valence-corrected chi connectivity index (χ0v) is 20.2. The molecule has 0 radical (unpaired) electrons. The third kappa shape index (κ3) is 5.94. The van der Waals surface area contributed by atoms with Gasteiger partial charge in [0.15, 0.2) is 5.01 Å². The summed E-state index contributed by atoms with van der Waals surface area (Å²) < 4.78 is 0. The molecule has 4 aromatic rings. The Morgan fingerprint density at radius 2 is 1.66 bits per heavy atom. The summed E-state index contributed by atoms with van der Waals surface area (Å²) >= 11 is 20.9. The first kappa shape index (κ1) is 22.9. The molecule has 0 saturated carbocycles. The predicted molar refractivity (Wildman–Crippen MR) is 135 cm³/mol. The van der Waals surface area contributed by atoms with Crippen LogP contribution in [0.1, 0.15) is 5.56 Å². The molecular formula is C22H15Cl3N4OS2. The van der Waals surface area contributed by atoms with E-state index in [1.165, 1.54) is 16.9 Å². The second kappa shape index (κ2) is 10.6. The van der Waals surface area contributed by atoms with E-state index in [0.29, 0.717) is 25.9 Å². The lowest BCUT2D eigenvalue weighted by Gasteiger charge is -2.07. The van der Waals surface area contributed by atoms with Crippen LogP contribution in [0.4, 0.5) is 15.6 Å². The fraction of sp³-hybridized carbons (Fsp3) is 0.0455. The summed E-state index contributed by atoms with van der Waals surface area (Å²) in [4.78, 5) is 13.4. The first-order valence-corrected chi connectivity index (χ1v) is 12.2. The molecule has 10 heteroatoms. The normalized spacial score (nSPS) is 10.7. The minimum atomic E-state index is -0.470. The SMILES string of the molecule is O=C(Nc1nnc(-c2ccccc2SCc2ccc(Cl)cc2)s1)Nc1ccc(Cl)cc1Cl. The van der Waals surface area contributed by atoms with E-state index in [1.54, 1.807) is 30.0 Å². The maximum Gasteiger partial charge on any atom is 0.325 e. The number of halogens is 3. The smallest absolute Gasteiger partial charge is 0.306 e. The van der Waals surface area contributed by atoms with E-state index >= 15 is 0 Å². The van der Waals surface area contributed by atoms with E-state index in [0.717, 1.165) is 21.2 Å². The molecule has 162 valence electrons. The number of hydrogen-bond donors (Lipinski definition) is 2. The number of thioether (sulfide) groups is 1. The van der Waals surface area contributed by atoms with Crippen LogP contribution in [0.3, 0.4) is 0 Å². The lowest BCUT2D eigenvalue weighted by atomic mass is 10.2. The fourth-order valence-corrected chi connectivity index (χ4v) is 5.17. The summed E-state index contributed by atoms with van der Waals surface area (Å²) in [6.45, 7) is 0. The molecule has 0 aliphatic rings. The third-order valence-electron chi connectivity index (χ3n) is 4.25. The van der Waals surface area contributed by atoms with Crippen molar-refractivity contribution in [1.29, 1.82) is 0 Å². The van der Waals surface area contributed by atoms with Crippen LogP contribution in [0.5, 0.6) is 0 Å². The molecule has 5 nitrogen and oxygen atoms in total. The van der Waals surface area contributed by atoms with Gasteiger partial charge in [0.05, 0.1) is 10.7 Å². The number of carbonyl (C=O) groups excluding carboxylic acids is 1. The average molecular weight is 522 g/mol. The van der Waals surface area contributed by atoms with Gasteiger partial charge in [0, 0.05) is 26.3 Å².